The van der Waals surface area contributed by atoms with Gasteiger partial charge in [0, 0.05) is 24.4 Å². The topological polar surface area (TPSA) is 59.3 Å². The molecule has 20 heavy (non-hydrogen) atoms. The molecule has 0 amide bonds. The van der Waals surface area contributed by atoms with Crippen LogP contribution >= 0.6 is 0 Å². The Morgan fingerprint density at radius 1 is 1.35 bits per heavy atom. The van der Waals surface area contributed by atoms with Crippen LogP contribution in [-0.4, -0.2) is 16.5 Å². The van der Waals surface area contributed by atoms with Crippen molar-refractivity contribution in [3.8, 4) is 0 Å². The van der Waals surface area contributed by atoms with E-state index in [-0.39, 0.29) is 10.6 Å². The summed E-state index contributed by atoms with van der Waals surface area (Å²) in [6.45, 7) is 2.56. The summed E-state index contributed by atoms with van der Waals surface area (Å²) in [6, 6.07) is 8.94. The molecule has 0 bridgehead atoms. The summed E-state index contributed by atoms with van der Waals surface area (Å²) < 4.78 is 0. The van der Waals surface area contributed by atoms with Crippen LogP contribution in [-0.2, 0) is 0 Å². The molecule has 0 aliphatic carbocycles. The van der Waals surface area contributed by atoms with Crippen molar-refractivity contribution in [1.82, 2.24) is 4.98 Å². The second kappa shape index (κ2) is 4.77. The van der Waals surface area contributed by atoms with Crippen LogP contribution in [0, 0.1) is 17.0 Å². The molecule has 5 heteroatoms. The number of nitro benzene ring substituents is 1. The Kier molecular flexibility index (Phi) is 2.95. The molecule has 100 valence electrons. The SMILES string of the molecule is Cc1ccnc(N2CC=Cc3cccc([N+](=O)[O-])c32)c1. The van der Waals surface area contributed by atoms with Crippen molar-refractivity contribution in [2.75, 3.05) is 11.4 Å². The van der Waals surface area contributed by atoms with Gasteiger partial charge in [-0.25, -0.2) is 4.98 Å². The molecule has 0 unspecified atom stereocenters. The van der Waals surface area contributed by atoms with Crippen molar-refractivity contribution in [3.63, 3.8) is 0 Å². The number of fused-ring (bicyclic) bond motifs is 1. The molecule has 5 nitrogen and oxygen atoms in total. The van der Waals surface area contributed by atoms with E-state index in [1.165, 1.54) is 6.07 Å². The second-order valence-electron chi connectivity index (χ2n) is 4.68. The van der Waals surface area contributed by atoms with Gasteiger partial charge in [-0.3, -0.25) is 10.1 Å². The third-order valence-electron chi connectivity index (χ3n) is 3.28. The summed E-state index contributed by atoms with van der Waals surface area (Å²) in [5, 5.41) is 11.3. The van der Waals surface area contributed by atoms with Gasteiger partial charge >= 0.3 is 0 Å². The maximum absolute atomic E-state index is 11.3. The van der Waals surface area contributed by atoms with E-state index in [0.717, 1.165) is 16.9 Å². The molecule has 0 N–H and O–H groups in total. The fraction of sp³-hybridized carbons (Fsp3) is 0.133. The highest BCUT2D eigenvalue weighted by atomic mass is 16.6. The number of aromatic nitrogens is 1. The van der Waals surface area contributed by atoms with Crippen molar-refractivity contribution in [2.24, 2.45) is 0 Å². The number of hydrogen-bond donors (Lipinski definition) is 0. The van der Waals surface area contributed by atoms with Crippen LogP contribution in [0.5, 0.6) is 0 Å². The summed E-state index contributed by atoms with van der Waals surface area (Å²) in [5.74, 6) is 0.727. The van der Waals surface area contributed by atoms with E-state index in [1.54, 1.807) is 12.3 Å². The van der Waals surface area contributed by atoms with Crippen LogP contribution < -0.4 is 4.90 Å². The quantitative estimate of drug-likeness (QED) is 0.617. The first-order valence-electron chi connectivity index (χ1n) is 6.31. The van der Waals surface area contributed by atoms with Crippen LogP contribution in [0.1, 0.15) is 11.1 Å². The second-order valence-corrected chi connectivity index (χ2v) is 4.68. The molecule has 2 heterocycles. The lowest BCUT2D eigenvalue weighted by Crippen LogP contribution is -2.22. The normalized spacial score (nSPS) is 13.2. The van der Waals surface area contributed by atoms with Gasteiger partial charge in [0.25, 0.3) is 5.69 Å². The summed E-state index contributed by atoms with van der Waals surface area (Å²) in [5.41, 5.74) is 2.63. The molecule has 1 aromatic heterocycles. The van der Waals surface area contributed by atoms with Gasteiger partial charge in [0.05, 0.1) is 4.92 Å². The van der Waals surface area contributed by atoms with E-state index < -0.39 is 0 Å². The Labute approximate surface area is 116 Å². The number of aryl methyl sites for hydroxylation is 1. The van der Waals surface area contributed by atoms with E-state index in [4.69, 9.17) is 0 Å². The average Bonchev–Trinajstić information content (AvgIpc) is 2.46. The lowest BCUT2D eigenvalue weighted by atomic mass is 10.1. The van der Waals surface area contributed by atoms with Gasteiger partial charge in [0.2, 0.25) is 0 Å². The number of nitro groups is 1. The highest BCUT2D eigenvalue weighted by Gasteiger charge is 2.25. The third kappa shape index (κ3) is 2.03. The predicted molar refractivity (Wildman–Crippen MR) is 78.1 cm³/mol. The number of anilines is 2. The third-order valence-corrected chi connectivity index (χ3v) is 3.28. The van der Waals surface area contributed by atoms with E-state index in [1.807, 2.05) is 42.2 Å². The molecule has 0 saturated heterocycles. The van der Waals surface area contributed by atoms with Gasteiger partial charge in [-0.1, -0.05) is 24.3 Å². The molecule has 0 spiro atoms. The molecule has 0 radical (unpaired) electrons. The fourth-order valence-electron chi connectivity index (χ4n) is 2.38. The Balaban J connectivity index is 2.19. The number of nitrogens with zero attached hydrogens (tertiary/aromatic N) is 3. The summed E-state index contributed by atoms with van der Waals surface area (Å²) in [4.78, 5) is 17.1. The maximum atomic E-state index is 11.3. The lowest BCUT2D eigenvalue weighted by molar-refractivity contribution is -0.384. The molecular weight excluding hydrogens is 254 g/mol. The van der Waals surface area contributed by atoms with Gasteiger partial charge in [0.1, 0.15) is 11.5 Å². The lowest BCUT2D eigenvalue weighted by Gasteiger charge is -2.26. The van der Waals surface area contributed by atoms with Crippen molar-refractivity contribution in [1.29, 1.82) is 0 Å². The van der Waals surface area contributed by atoms with Crippen molar-refractivity contribution < 1.29 is 4.92 Å². The predicted octanol–water partition coefficient (Wildman–Crippen LogP) is 3.46. The minimum Gasteiger partial charge on any atom is -0.316 e. The zero-order valence-corrected chi connectivity index (χ0v) is 11.0. The van der Waals surface area contributed by atoms with Crippen molar-refractivity contribution in [2.45, 2.75) is 6.92 Å². The molecule has 2 aromatic rings. The average molecular weight is 267 g/mol. The number of para-hydroxylation sites is 1. The van der Waals surface area contributed by atoms with E-state index in [9.17, 15) is 10.1 Å². The maximum Gasteiger partial charge on any atom is 0.293 e. The Morgan fingerprint density at radius 2 is 2.20 bits per heavy atom. The largest absolute Gasteiger partial charge is 0.316 e. The molecule has 3 rings (SSSR count). The molecule has 0 fully saturated rings. The monoisotopic (exact) mass is 267 g/mol. The molecule has 1 aliphatic rings. The van der Waals surface area contributed by atoms with E-state index in [0.29, 0.717) is 12.2 Å². The van der Waals surface area contributed by atoms with Crippen LogP contribution in [0.3, 0.4) is 0 Å². The highest BCUT2D eigenvalue weighted by Crippen LogP contribution is 2.38. The molecule has 0 saturated carbocycles. The smallest absolute Gasteiger partial charge is 0.293 e. The zero-order valence-electron chi connectivity index (χ0n) is 11.0. The van der Waals surface area contributed by atoms with Gasteiger partial charge < -0.3 is 4.90 Å². The Hall–Kier alpha value is -2.69. The first kappa shape index (κ1) is 12.3. The fourth-order valence-corrected chi connectivity index (χ4v) is 2.38. The molecule has 1 aromatic carbocycles. The number of benzene rings is 1. The summed E-state index contributed by atoms with van der Waals surface area (Å²) >= 11 is 0. The number of rotatable bonds is 2. The van der Waals surface area contributed by atoms with Crippen LogP contribution in [0.4, 0.5) is 17.2 Å². The standard InChI is InChI=1S/C15H13N3O2/c1-11-7-8-16-14(10-11)17-9-3-5-12-4-2-6-13(15(12)17)18(19)20/h2-8,10H,9H2,1H3. The number of pyridine rings is 1. The molecule has 1 aliphatic heterocycles. The molecular formula is C15H13N3O2. The van der Waals surface area contributed by atoms with Crippen molar-refractivity contribution in [3.05, 3.63) is 63.8 Å². The highest BCUT2D eigenvalue weighted by molar-refractivity contribution is 5.83. The van der Waals surface area contributed by atoms with Gasteiger partial charge in [-0.15, -0.1) is 0 Å². The minimum absolute atomic E-state index is 0.107. The summed E-state index contributed by atoms with van der Waals surface area (Å²) in [6.07, 6.45) is 5.61. The first-order valence-corrected chi connectivity index (χ1v) is 6.31. The van der Waals surface area contributed by atoms with Crippen LogP contribution in [0.2, 0.25) is 0 Å². The Morgan fingerprint density at radius 3 is 2.95 bits per heavy atom. The van der Waals surface area contributed by atoms with E-state index in [2.05, 4.69) is 4.98 Å². The van der Waals surface area contributed by atoms with Gasteiger partial charge in [-0.05, 0) is 24.6 Å². The minimum atomic E-state index is -0.346. The first-order chi connectivity index (χ1) is 9.66. The van der Waals surface area contributed by atoms with Crippen LogP contribution in [0.25, 0.3) is 6.08 Å². The van der Waals surface area contributed by atoms with E-state index >= 15 is 0 Å². The zero-order chi connectivity index (χ0) is 14.1. The Bertz CT molecular complexity index is 710. The molecule has 0 atom stereocenters. The van der Waals surface area contributed by atoms with Gasteiger partial charge in [0.15, 0.2) is 0 Å². The van der Waals surface area contributed by atoms with Gasteiger partial charge in [-0.2, -0.15) is 0 Å². The van der Waals surface area contributed by atoms with Crippen molar-refractivity contribution >= 4 is 23.3 Å². The summed E-state index contributed by atoms with van der Waals surface area (Å²) in [7, 11) is 0. The number of hydrogen-bond acceptors (Lipinski definition) is 4. The van der Waals surface area contributed by atoms with Crippen LogP contribution in [0.15, 0.2) is 42.6 Å².